The van der Waals surface area contributed by atoms with E-state index >= 15 is 0 Å². The van der Waals surface area contributed by atoms with Crippen molar-refractivity contribution in [2.24, 2.45) is 0 Å². The largest absolute Gasteiger partial charge is 0.379 e. The van der Waals surface area contributed by atoms with Crippen molar-refractivity contribution in [1.82, 2.24) is 19.6 Å². The maximum absolute atomic E-state index is 13.5. The van der Waals surface area contributed by atoms with Gasteiger partial charge in [-0.3, -0.25) is 29.1 Å². The van der Waals surface area contributed by atoms with Crippen LogP contribution in [0.25, 0.3) is 6.08 Å². The number of hydrogen-bond acceptors (Lipinski definition) is 7. The molecule has 38 heavy (non-hydrogen) atoms. The molecular weight excluding hydrogens is 507 g/mol. The first-order valence-electron chi connectivity index (χ1n) is 12.9. The van der Waals surface area contributed by atoms with Gasteiger partial charge < -0.3 is 9.64 Å². The summed E-state index contributed by atoms with van der Waals surface area (Å²) in [5, 5.41) is -0.399. The van der Waals surface area contributed by atoms with E-state index in [1.54, 1.807) is 42.5 Å². The van der Waals surface area contributed by atoms with Gasteiger partial charge in [-0.2, -0.15) is 0 Å². The van der Waals surface area contributed by atoms with E-state index in [4.69, 9.17) is 4.74 Å². The summed E-state index contributed by atoms with van der Waals surface area (Å²) in [6.07, 6.45) is 1.64. The molecule has 0 saturated carbocycles. The summed E-state index contributed by atoms with van der Waals surface area (Å²) in [5.74, 6) is -0.873. The minimum atomic E-state index is -0.422. The molecule has 0 N–H and O–H groups in total. The van der Waals surface area contributed by atoms with Gasteiger partial charge in [-0.1, -0.05) is 24.3 Å². The molecule has 0 atom stereocenters. The van der Waals surface area contributed by atoms with E-state index in [1.165, 1.54) is 12.1 Å². The number of morpholine rings is 1. The quantitative estimate of drug-likeness (QED) is 0.502. The SMILES string of the molecule is O=C(c1cccc(C=C2SC(=O)N(Cc3cccc(F)c3)C2=O)c1)N1CCN(CCN2CCOCC2)CC1. The van der Waals surface area contributed by atoms with Gasteiger partial charge in [0.25, 0.3) is 17.1 Å². The van der Waals surface area contributed by atoms with E-state index in [9.17, 15) is 18.8 Å². The van der Waals surface area contributed by atoms with Crippen LogP contribution in [-0.2, 0) is 16.1 Å². The number of benzene rings is 2. The summed E-state index contributed by atoms with van der Waals surface area (Å²) < 4.78 is 18.9. The first kappa shape index (κ1) is 26.6. The number of halogens is 1. The smallest absolute Gasteiger partial charge is 0.293 e. The molecular formula is C28H31FN4O4S. The maximum atomic E-state index is 13.5. The van der Waals surface area contributed by atoms with Crippen molar-refractivity contribution in [3.8, 4) is 0 Å². The van der Waals surface area contributed by atoms with Crippen molar-refractivity contribution in [2.75, 3.05) is 65.6 Å². The highest BCUT2D eigenvalue weighted by molar-refractivity contribution is 8.18. The molecule has 2 aromatic rings. The van der Waals surface area contributed by atoms with Crippen LogP contribution >= 0.6 is 11.8 Å². The minimum Gasteiger partial charge on any atom is -0.379 e. The van der Waals surface area contributed by atoms with Crippen molar-refractivity contribution >= 4 is 34.9 Å². The Bertz CT molecular complexity index is 1220. The van der Waals surface area contributed by atoms with Gasteiger partial charge in [0.2, 0.25) is 0 Å². The van der Waals surface area contributed by atoms with Crippen LogP contribution in [0.2, 0.25) is 0 Å². The number of imide groups is 1. The third-order valence-corrected chi connectivity index (χ3v) is 7.94. The number of rotatable bonds is 7. The van der Waals surface area contributed by atoms with Crippen molar-refractivity contribution in [1.29, 1.82) is 0 Å². The Balaban J connectivity index is 1.17. The molecule has 0 aliphatic carbocycles. The van der Waals surface area contributed by atoms with Crippen LogP contribution < -0.4 is 0 Å². The third kappa shape index (κ3) is 6.50. The molecule has 3 aliphatic rings. The standard InChI is InChI=1S/C28H31FN4O4S/c29-24-6-2-4-22(18-24)20-33-27(35)25(38-28(33)36)19-21-3-1-5-23(17-21)26(34)32-11-9-30(10-12-32)7-8-31-13-15-37-16-14-31/h1-6,17-19H,7-16,20H2. The molecule has 0 unspecified atom stereocenters. The van der Waals surface area contributed by atoms with Crippen molar-refractivity contribution in [3.05, 3.63) is 75.9 Å². The average Bonchev–Trinajstić information content (AvgIpc) is 3.20. The molecule has 3 aliphatic heterocycles. The van der Waals surface area contributed by atoms with Crippen molar-refractivity contribution in [2.45, 2.75) is 6.54 Å². The van der Waals surface area contributed by atoms with Crippen LogP contribution in [0, 0.1) is 5.82 Å². The lowest BCUT2D eigenvalue weighted by molar-refractivity contribution is -0.123. The van der Waals surface area contributed by atoms with Gasteiger partial charge >= 0.3 is 0 Å². The molecule has 3 fully saturated rings. The second kappa shape index (κ2) is 12.2. The summed E-state index contributed by atoms with van der Waals surface area (Å²) in [6, 6.07) is 13.0. The highest BCUT2D eigenvalue weighted by Crippen LogP contribution is 2.33. The molecule has 3 amide bonds. The highest BCUT2D eigenvalue weighted by Gasteiger charge is 2.35. The normalized spacial score (nSPS) is 20.5. The molecule has 0 aromatic heterocycles. The molecule has 0 bridgehead atoms. The number of hydrogen-bond donors (Lipinski definition) is 0. The molecule has 200 valence electrons. The van der Waals surface area contributed by atoms with Crippen LogP contribution in [0.15, 0.2) is 53.4 Å². The number of amides is 3. The number of piperazine rings is 1. The molecule has 5 rings (SSSR count). The van der Waals surface area contributed by atoms with Crippen LogP contribution in [-0.4, -0.2) is 102 Å². The highest BCUT2D eigenvalue weighted by atomic mass is 32.2. The van der Waals surface area contributed by atoms with Crippen LogP contribution in [0.1, 0.15) is 21.5 Å². The van der Waals surface area contributed by atoms with Gasteiger partial charge in [0.1, 0.15) is 5.82 Å². The number of carbonyl (C=O) groups excluding carboxylic acids is 3. The van der Waals surface area contributed by atoms with Gasteiger partial charge in [0.15, 0.2) is 0 Å². The number of nitrogens with zero attached hydrogens (tertiary/aromatic N) is 4. The topological polar surface area (TPSA) is 73.4 Å². The Morgan fingerprint density at radius 3 is 2.37 bits per heavy atom. The Labute approximate surface area is 226 Å². The first-order valence-corrected chi connectivity index (χ1v) is 13.7. The lowest BCUT2D eigenvalue weighted by Gasteiger charge is -2.36. The average molecular weight is 539 g/mol. The second-order valence-corrected chi connectivity index (χ2v) is 10.6. The zero-order chi connectivity index (χ0) is 26.5. The Kier molecular flexibility index (Phi) is 8.53. The molecule has 0 radical (unpaired) electrons. The summed E-state index contributed by atoms with van der Waals surface area (Å²) >= 11 is 0.851. The van der Waals surface area contributed by atoms with Crippen LogP contribution in [0.4, 0.5) is 9.18 Å². The van der Waals surface area contributed by atoms with Crippen LogP contribution in [0.5, 0.6) is 0 Å². The zero-order valence-electron chi connectivity index (χ0n) is 21.2. The van der Waals surface area contributed by atoms with Gasteiger partial charge in [-0.25, -0.2) is 4.39 Å². The molecule has 3 saturated heterocycles. The van der Waals surface area contributed by atoms with E-state index in [0.717, 1.165) is 69.1 Å². The number of carbonyl (C=O) groups is 3. The fourth-order valence-electron chi connectivity index (χ4n) is 4.83. The Morgan fingerprint density at radius 2 is 1.63 bits per heavy atom. The Hall–Kier alpha value is -3.05. The van der Waals surface area contributed by atoms with Crippen LogP contribution in [0.3, 0.4) is 0 Å². The van der Waals surface area contributed by atoms with Crippen molar-refractivity contribution < 1.29 is 23.5 Å². The second-order valence-electron chi connectivity index (χ2n) is 9.61. The predicted octanol–water partition coefficient (Wildman–Crippen LogP) is 3.15. The monoisotopic (exact) mass is 538 g/mol. The Morgan fingerprint density at radius 1 is 0.921 bits per heavy atom. The number of ether oxygens (including phenoxy) is 1. The van der Waals surface area contributed by atoms with E-state index < -0.39 is 17.0 Å². The predicted molar refractivity (Wildman–Crippen MR) is 144 cm³/mol. The zero-order valence-corrected chi connectivity index (χ0v) is 22.0. The fourth-order valence-corrected chi connectivity index (χ4v) is 5.67. The van der Waals surface area contributed by atoms with Gasteiger partial charge in [0, 0.05) is 57.9 Å². The molecule has 3 heterocycles. The molecule has 10 heteroatoms. The van der Waals surface area contributed by atoms with Gasteiger partial charge in [-0.05, 0) is 53.2 Å². The lowest BCUT2D eigenvalue weighted by atomic mass is 10.1. The number of thioether (sulfide) groups is 1. The fraction of sp³-hybridized carbons (Fsp3) is 0.393. The van der Waals surface area contributed by atoms with Gasteiger partial charge in [-0.15, -0.1) is 0 Å². The van der Waals surface area contributed by atoms with E-state index in [-0.39, 0.29) is 17.4 Å². The summed E-state index contributed by atoms with van der Waals surface area (Å²) in [4.78, 5) is 46.7. The summed E-state index contributed by atoms with van der Waals surface area (Å²) in [6.45, 7) is 8.61. The van der Waals surface area contributed by atoms with Gasteiger partial charge in [0.05, 0.1) is 24.7 Å². The molecule has 0 spiro atoms. The van der Waals surface area contributed by atoms with Crippen molar-refractivity contribution in [3.63, 3.8) is 0 Å². The third-order valence-electron chi connectivity index (χ3n) is 7.03. The molecule has 8 nitrogen and oxygen atoms in total. The summed E-state index contributed by atoms with van der Waals surface area (Å²) in [7, 11) is 0. The van der Waals surface area contributed by atoms with E-state index in [2.05, 4.69) is 9.80 Å². The maximum Gasteiger partial charge on any atom is 0.293 e. The van der Waals surface area contributed by atoms with E-state index in [1.807, 2.05) is 4.90 Å². The van der Waals surface area contributed by atoms with E-state index in [0.29, 0.717) is 29.8 Å². The molecule has 2 aromatic carbocycles. The lowest BCUT2D eigenvalue weighted by Crippen LogP contribution is -2.51. The summed E-state index contributed by atoms with van der Waals surface area (Å²) in [5.41, 5.74) is 1.78. The minimum absolute atomic E-state index is 0.0106. The first-order chi connectivity index (χ1) is 18.5.